The minimum absolute atomic E-state index is 0.0725. The number of rotatable bonds is 2. The average molecular weight is 251 g/mol. The van der Waals surface area contributed by atoms with Crippen LogP contribution in [0.5, 0.6) is 0 Å². The topological polar surface area (TPSA) is 75.4 Å². The number of amides is 3. The second-order valence-corrected chi connectivity index (χ2v) is 4.19. The first-order valence-corrected chi connectivity index (χ1v) is 5.69. The molecule has 5 nitrogen and oxygen atoms in total. The molecule has 3 N–H and O–H groups in total. The molecule has 0 atom stereocenters. The smallest absolute Gasteiger partial charge is 0.318 e. The standard InChI is InChI=1S/C12H14FN3O2/c13-9-5-1-3-8-4-2-6-16(11(8)9)7-10(17)15-12(14)18/h1,3,5H,2,4,6-7H2,(H3,14,15,17,18). The number of primary amides is 1. The zero-order valence-electron chi connectivity index (χ0n) is 9.78. The summed E-state index contributed by atoms with van der Waals surface area (Å²) in [6.07, 6.45) is 1.64. The molecular formula is C12H14FN3O2. The van der Waals surface area contributed by atoms with Crippen molar-refractivity contribution in [3.63, 3.8) is 0 Å². The van der Waals surface area contributed by atoms with Gasteiger partial charge in [0.15, 0.2) is 0 Å². The molecule has 0 aliphatic carbocycles. The Morgan fingerprint density at radius 3 is 2.94 bits per heavy atom. The van der Waals surface area contributed by atoms with E-state index in [2.05, 4.69) is 0 Å². The number of fused-ring (bicyclic) bond motifs is 1. The summed E-state index contributed by atoms with van der Waals surface area (Å²) in [6, 6.07) is 3.96. The second kappa shape index (κ2) is 5.03. The molecule has 2 rings (SSSR count). The molecule has 1 aromatic rings. The van der Waals surface area contributed by atoms with Crippen molar-refractivity contribution >= 4 is 17.6 Å². The number of para-hydroxylation sites is 1. The average Bonchev–Trinajstić information content (AvgIpc) is 2.28. The third-order valence-corrected chi connectivity index (χ3v) is 2.86. The van der Waals surface area contributed by atoms with Crippen LogP contribution in [-0.4, -0.2) is 25.0 Å². The molecule has 6 heteroatoms. The Hall–Kier alpha value is -2.11. The summed E-state index contributed by atoms with van der Waals surface area (Å²) in [5, 5.41) is 1.98. The molecule has 0 bridgehead atoms. The number of carbonyl (C=O) groups is 2. The van der Waals surface area contributed by atoms with Crippen molar-refractivity contribution in [3.05, 3.63) is 29.6 Å². The number of nitrogens with zero attached hydrogens (tertiary/aromatic N) is 1. The van der Waals surface area contributed by atoms with Gasteiger partial charge >= 0.3 is 6.03 Å². The monoisotopic (exact) mass is 251 g/mol. The summed E-state index contributed by atoms with van der Waals surface area (Å²) >= 11 is 0. The van der Waals surface area contributed by atoms with Crippen LogP contribution in [0, 0.1) is 5.82 Å². The zero-order chi connectivity index (χ0) is 13.1. The fourth-order valence-corrected chi connectivity index (χ4v) is 2.20. The normalized spacial score (nSPS) is 13.9. The number of carbonyl (C=O) groups excluding carboxylic acids is 2. The fourth-order valence-electron chi connectivity index (χ4n) is 2.20. The first-order chi connectivity index (χ1) is 8.58. The number of benzene rings is 1. The lowest BCUT2D eigenvalue weighted by molar-refractivity contribution is -0.118. The lowest BCUT2D eigenvalue weighted by Crippen LogP contribution is -2.44. The summed E-state index contributed by atoms with van der Waals surface area (Å²) in [7, 11) is 0. The number of urea groups is 1. The largest absolute Gasteiger partial charge is 0.360 e. The van der Waals surface area contributed by atoms with Crippen molar-refractivity contribution < 1.29 is 14.0 Å². The van der Waals surface area contributed by atoms with Gasteiger partial charge in [-0.05, 0) is 24.5 Å². The first kappa shape index (κ1) is 12.3. The first-order valence-electron chi connectivity index (χ1n) is 5.69. The van der Waals surface area contributed by atoms with Gasteiger partial charge in [-0.25, -0.2) is 9.18 Å². The Morgan fingerprint density at radius 2 is 2.22 bits per heavy atom. The minimum Gasteiger partial charge on any atom is -0.360 e. The van der Waals surface area contributed by atoms with Gasteiger partial charge in [-0.15, -0.1) is 0 Å². The van der Waals surface area contributed by atoms with Gasteiger partial charge < -0.3 is 10.6 Å². The van der Waals surface area contributed by atoms with Crippen molar-refractivity contribution in [2.45, 2.75) is 12.8 Å². The van der Waals surface area contributed by atoms with Crippen LogP contribution in [0.1, 0.15) is 12.0 Å². The van der Waals surface area contributed by atoms with E-state index in [-0.39, 0.29) is 12.4 Å². The lowest BCUT2D eigenvalue weighted by atomic mass is 10.0. The Morgan fingerprint density at radius 1 is 1.44 bits per heavy atom. The SMILES string of the molecule is NC(=O)NC(=O)CN1CCCc2cccc(F)c21. The number of hydrogen-bond donors (Lipinski definition) is 2. The predicted molar refractivity (Wildman–Crippen MR) is 64.7 cm³/mol. The van der Waals surface area contributed by atoms with Crippen LogP contribution in [-0.2, 0) is 11.2 Å². The van der Waals surface area contributed by atoms with E-state index in [1.54, 1.807) is 11.0 Å². The van der Waals surface area contributed by atoms with E-state index in [1.165, 1.54) is 6.07 Å². The molecule has 0 saturated heterocycles. The van der Waals surface area contributed by atoms with Crippen LogP contribution < -0.4 is 16.0 Å². The highest BCUT2D eigenvalue weighted by Crippen LogP contribution is 2.29. The Bertz CT molecular complexity index is 490. The Kier molecular flexibility index (Phi) is 3.45. The van der Waals surface area contributed by atoms with Gasteiger partial charge in [0.05, 0.1) is 12.2 Å². The highest BCUT2D eigenvalue weighted by atomic mass is 19.1. The maximum atomic E-state index is 13.8. The van der Waals surface area contributed by atoms with Crippen LogP contribution in [0.15, 0.2) is 18.2 Å². The Labute approximate surface area is 104 Å². The molecule has 0 spiro atoms. The van der Waals surface area contributed by atoms with Gasteiger partial charge in [-0.3, -0.25) is 10.1 Å². The van der Waals surface area contributed by atoms with E-state index >= 15 is 0 Å². The second-order valence-electron chi connectivity index (χ2n) is 4.19. The summed E-state index contributed by atoms with van der Waals surface area (Å²) in [4.78, 5) is 23.7. The molecular weight excluding hydrogens is 237 g/mol. The van der Waals surface area contributed by atoms with E-state index < -0.39 is 11.9 Å². The van der Waals surface area contributed by atoms with Crippen LogP contribution in [0.25, 0.3) is 0 Å². The fraction of sp³-hybridized carbons (Fsp3) is 0.333. The summed E-state index contributed by atoms with van der Waals surface area (Å²) in [5.41, 5.74) is 6.19. The molecule has 1 aliphatic rings. The summed E-state index contributed by atoms with van der Waals surface area (Å²) in [5.74, 6) is -0.877. The number of nitrogens with one attached hydrogen (secondary N) is 1. The van der Waals surface area contributed by atoms with Gasteiger partial charge in [0.2, 0.25) is 5.91 Å². The van der Waals surface area contributed by atoms with Crippen molar-refractivity contribution in [1.29, 1.82) is 0 Å². The molecule has 0 fully saturated rings. The van der Waals surface area contributed by atoms with Crippen molar-refractivity contribution in [2.24, 2.45) is 5.73 Å². The minimum atomic E-state index is -0.897. The molecule has 0 radical (unpaired) electrons. The molecule has 18 heavy (non-hydrogen) atoms. The van der Waals surface area contributed by atoms with Crippen molar-refractivity contribution in [2.75, 3.05) is 18.0 Å². The van der Waals surface area contributed by atoms with Gasteiger partial charge in [-0.2, -0.15) is 0 Å². The van der Waals surface area contributed by atoms with E-state index in [1.807, 2.05) is 11.4 Å². The van der Waals surface area contributed by atoms with Crippen LogP contribution >= 0.6 is 0 Å². The maximum absolute atomic E-state index is 13.8. The van der Waals surface area contributed by atoms with Crippen LogP contribution in [0.4, 0.5) is 14.9 Å². The summed E-state index contributed by atoms with van der Waals surface area (Å²) < 4.78 is 13.8. The van der Waals surface area contributed by atoms with Crippen LogP contribution in [0.2, 0.25) is 0 Å². The number of halogens is 1. The quantitative estimate of drug-likeness (QED) is 0.815. The highest BCUT2D eigenvalue weighted by Gasteiger charge is 2.22. The van der Waals surface area contributed by atoms with E-state index in [4.69, 9.17) is 5.73 Å². The van der Waals surface area contributed by atoms with Gasteiger partial charge in [0.1, 0.15) is 5.82 Å². The molecule has 1 aromatic carbocycles. The van der Waals surface area contributed by atoms with Crippen molar-refractivity contribution in [3.8, 4) is 0 Å². The number of imide groups is 1. The summed E-state index contributed by atoms with van der Waals surface area (Å²) in [6.45, 7) is 0.511. The van der Waals surface area contributed by atoms with Crippen LogP contribution in [0.3, 0.4) is 0 Å². The molecule has 3 amide bonds. The molecule has 1 aliphatic heterocycles. The maximum Gasteiger partial charge on any atom is 0.318 e. The van der Waals surface area contributed by atoms with Gasteiger partial charge in [0, 0.05) is 6.54 Å². The molecule has 96 valence electrons. The lowest BCUT2D eigenvalue weighted by Gasteiger charge is -2.30. The third kappa shape index (κ3) is 2.58. The molecule has 1 heterocycles. The molecule has 0 aromatic heterocycles. The zero-order valence-corrected chi connectivity index (χ0v) is 9.78. The van der Waals surface area contributed by atoms with Gasteiger partial charge in [0.25, 0.3) is 0 Å². The number of anilines is 1. The van der Waals surface area contributed by atoms with Crippen molar-refractivity contribution in [1.82, 2.24) is 5.32 Å². The number of hydrogen-bond acceptors (Lipinski definition) is 3. The predicted octanol–water partition coefficient (Wildman–Crippen LogP) is 0.773. The highest BCUT2D eigenvalue weighted by molar-refractivity contribution is 5.95. The number of aryl methyl sites for hydroxylation is 1. The third-order valence-electron chi connectivity index (χ3n) is 2.86. The van der Waals surface area contributed by atoms with E-state index in [0.29, 0.717) is 12.2 Å². The molecule has 0 unspecified atom stereocenters. The number of nitrogens with two attached hydrogens (primary N) is 1. The Balaban J connectivity index is 2.17. The van der Waals surface area contributed by atoms with Gasteiger partial charge in [-0.1, -0.05) is 12.1 Å². The van der Waals surface area contributed by atoms with E-state index in [0.717, 1.165) is 18.4 Å². The van der Waals surface area contributed by atoms with E-state index in [9.17, 15) is 14.0 Å². The molecule has 0 saturated carbocycles.